The highest BCUT2D eigenvalue weighted by Crippen LogP contribution is 1.96. The fourth-order valence-electron chi connectivity index (χ4n) is 1.26. The summed E-state index contributed by atoms with van der Waals surface area (Å²) in [6, 6.07) is 0.407. The summed E-state index contributed by atoms with van der Waals surface area (Å²) in [6.07, 6.45) is 2.07. The Balaban J connectivity index is 3.71. The Bertz CT molecular complexity index is 160. The van der Waals surface area contributed by atoms with Crippen LogP contribution < -0.4 is 5.32 Å². The molecule has 0 rings (SSSR count). The summed E-state index contributed by atoms with van der Waals surface area (Å²) >= 11 is 1.79. The molecule has 0 aliphatic heterocycles. The molecular weight excluding hydrogens is 196 g/mol. The summed E-state index contributed by atoms with van der Waals surface area (Å²) in [4.78, 5) is 13.4. The van der Waals surface area contributed by atoms with Gasteiger partial charge >= 0.3 is 0 Å². The van der Waals surface area contributed by atoms with Gasteiger partial charge in [0, 0.05) is 24.9 Å². The Morgan fingerprint density at radius 2 is 2.00 bits per heavy atom. The van der Waals surface area contributed by atoms with Gasteiger partial charge in [-0.25, -0.2) is 0 Å². The summed E-state index contributed by atoms with van der Waals surface area (Å²) in [5.41, 5.74) is 0. The van der Waals surface area contributed by atoms with Gasteiger partial charge in [-0.05, 0) is 27.0 Å². The third kappa shape index (κ3) is 5.50. The lowest BCUT2D eigenvalue weighted by molar-refractivity contribution is -0.129. The van der Waals surface area contributed by atoms with E-state index in [1.54, 1.807) is 11.8 Å². The highest BCUT2D eigenvalue weighted by molar-refractivity contribution is 7.98. The second kappa shape index (κ2) is 8.12. The smallest absolute Gasteiger partial charge is 0.236 e. The second-order valence-corrected chi connectivity index (χ2v) is 4.21. The molecule has 84 valence electrons. The van der Waals surface area contributed by atoms with E-state index in [4.69, 9.17) is 0 Å². The van der Waals surface area contributed by atoms with Crippen LogP contribution in [0.1, 0.15) is 20.8 Å². The van der Waals surface area contributed by atoms with Crippen LogP contribution >= 0.6 is 11.8 Å². The van der Waals surface area contributed by atoms with Crippen molar-refractivity contribution in [3.05, 3.63) is 0 Å². The Kier molecular flexibility index (Phi) is 7.99. The van der Waals surface area contributed by atoms with Crippen LogP contribution in [0.3, 0.4) is 0 Å². The summed E-state index contributed by atoms with van der Waals surface area (Å²) < 4.78 is 0. The van der Waals surface area contributed by atoms with Crippen LogP contribution in [0, 0.1) is 0 Å². The summed E-state index contributed by atoms with van der Waals surface area (Å²) in [5.74, 6) is 1.24. The number of rotatable bonds is 7. The predicted octanol–water partition coefficient (Wildman–Crippen LogP) is 1.20. The van der Waals surface area contributed by atoms with Crippen LogP contribution in [0.5, 0.6) is 0 Å². The maximum Gasteiger partial charge on any atom is 0.236 e. The first kappa shape index (κ1) is 13.8. The minimum absolute atomic E-state index is 0.197. The second-order valence-electron chi connectivity index (χ2n) is 3.30. The van der Waals surface area contributed by atoms with Gasteiger partial charge < -0.3 is 10.2 Å². The molecule has 0 aromatic heterocycles. The topological polar surface area (TPSA) is 32.3 Å². The molecule has 0 saturated heterocycles. The molecule has 0 spiro atoms. The van der Waals surface area contributed by atoms with Gasteiger partial charge in [-0.15, -0.1) is 0 Å². The summed E-state index contributed by atoms with van der Waals surface area (Å²) in [6.45, 7) is 8.18. The zero-order valence-corrected chi connectivity index (χ0v) is 10.5. The Morgan fingerprint density at radius 3 is 2.43 bits per heavy atom. The molecule has 1 unspecified atom stereocenters. The molecule has 0 aliphatic carbocycles. The molecule has 1 N–H and O–H groups in total. The highest BCUT2D eigenvalue weighted by Gasteiger charge is 2.10. The van der Waals surface area contributed by atoms with Gasteiger partial charge in [0.2, 0.25) is 5.91 Å². The van der Waals surface area contributed by atoms with Crippen LogP contribution in [0.2, 0.25) is 0 Å². The van der Waals surface area contributed by atoms with Crippen LogP contribution in [0.4, 0.5) is 0 Å². The molecule has 0 saturated carbocycles. The van der Waals surface area contributed by atoms with Crippen molar-refractivity contribution in [1.82, 2.24) is 10.2 Å². The van der Waals surface area contributed by atoms with Crippen molar-refractivity contribution < 1.29 is 4.79 Å². The average Bonchev–Trinajstić information content (AvgIpc) is 2.17. The zero-order valence-electron chi connectivity index (χ0n) is 9.67. The van der Waals surface area contributed by atoms with E-state index in [1.165, 1.54) is 0 Å². The maximum absolute atomic E-state index is 11.6. The standard InChI is InChI=1S/C10H22N2OS/c1-5-12(6-2)10(13)7-11-9(3)8-14-4/h9,11H,5-8H2,1-4H3. The highest BCUT2D eigenvalue weighted by atomic mass is 32.2. The number of hydrogen-bond donors (Lipinski definition) is 1. The molecule has 0 aliphatic rings. The first-order valence-corrected chi connectivity index (χ1v) is 6.55. The Hall–Kier alpha value is -0.220. The van der Waals surface area contributed by atoms with Crippen LogP contribution in [0.15, 0.2) is 0 Å². The van der Waals surface area contributed by atoms with Crippen LogP contribution in [0.25, 0.3) is 0 Å². The van der Waals surface area contributed by atoms with Crippen LogP contribution in [-0.2, 0) is 4.79 Å². The van der Waals surface area contributed by atoms with E-state index in [1.807, 2.05) is 18.7 Å². The van der Waals surface area contributed by atoms with Gasteiger partial charge in [-0.2, -0.15) is 11.8 Å². The average molecular weight is 218 g/mol. The molecule has 0 fully saturated rings. The Labute approximate surface area is 91.6 Å². The van der Waals surface area contributed by atoms with E-state index in [-0.39, 0.29) is 5.91 Å². The van der Waals surface area contributed by atoms with E-state index < -0.39 is 0 Å². The minimum Gasteiger partial charge on any atom is -0.342 e. The molecule has 0 heterocycles. The molecule has 0 aromatic rings. The van der Waals surface area contributed by atoms with E-state index in [2.05, 4.69) is 18.5 Å². The van der Waals surface area contributed by atoms with E-state index in [9.17, 15) is 4.79 Å². The monoisotopic (exact) mass is 218 g/mol. The van der Waals surface area contributed by atoms with Gasteiger partial charge in [-0.1, -0.05) is 0 Å². The van der Waals surface area contributed by atoms with Crippen LogP contribution in [-0.4, -0.2) is 48.5 Å². The van der Waals surface area contributed by atoms with Crippen molar-refractivity contribution in [1.29, 1.82) is 0 Å². The Morgan fingerprint density at radius 1 is 1.43 bits per heavy atom. The lowest BCUT2D eigenvalue weighted by Gasteiger charge is -2.20. The van der Waals surface area contributed by atoms with Gasteiger partial charge in [0.25, 0.3) is 0 Å². The molecule has 4 heteroatoms. The van der Waals surface area contributed by atoms with Crippen molar-refractivity contribution in [2.45, 2.75) is 26.8 Å². The summed E-state index contributed by atoms with van der Waals surface area (Å²) in [7, 11) is 0. The molecule has 1 amide bonds. The van der Waals surface area contributed by atoms with E-state index >= 15 is 0 Å². The first-order chi connectivity index (χ1) is 6.65. The number of nitrogens with zero attached hydrogens (tertiary/aromatic N) is 1. The molecule has 0 aromatic carbocycles. The molecule has 3 nitrogen and oxygen atoms in total. The van der Waals surface area contributed by atoms with E-state index in [0.717, 1.165) is 18.8 Å². The lowest BCUT2D eigenvalue weighted by Crippen LogP contribution is -2.41. The number of nitrogens with one attached hydrogen (secondary N) is 1. The van der Waals surface area contributed by atoms with Crippen molar-refractivity contribution >= 4 is 17.7 Å². The number of carbonyl (C=O) groups is 1. The fourth-order valence-corrected chi connectivity index (χ4v) is 1.88. The van der Waals surface area contributed by atoms with Gasteiger partial charge in [0.05, 0.1) is 6.54 Å². The normalized spacial score (nSPS) is 12.6. The van der Waals surface area contributed by atoms with Crippen molar-refractivity contribution in [2.24, 2.45) is 0 Å². The third-order valence-electron chi connectivity index (χ3n) is 2.13. The molecule has 0 bridgehead atoms. The largest absolute Gasteiger partial charge is 0.342 e. The zero-order chi connectivity index (χ0) is 11.0. The predicted molar refractivity (Wildman–Crippen MR) is 63.8 cm³/mol. The van der Waals surface area contributed by atoms with Gasteiger partial charge in [0.15, 0.2) is 0 Å². The molecular formula is C10H22N2OS. The van der Waals surface area contributed by atoms with E-state index in [0.29, 0.717) is 12.6 Å². The quantitative estimate of drug-likeness (QED) is 0.697. The lowest BCUT2D eigenvalue weighted by atomic mass is 10.3. The first-order valence-electron chi connectivity index (χ1n) is 5.15. The maximum atomic E-state index is 11.6. The number of amides is 1. The molecule has 14 heavy (non-hydrogen) atoms. The molecule has 1 atom stereocenters. The number of carbonyl (C=O) groups excluding carboxylic acids is 1. The number of thioether (sulfide) groups is 1. The van der Waals surface area contributed by atoms with Gasteiger partial charge in [-0.3, -0.25) is 4.79 Å². The van der Waals surface area contributed by atoms with Gasteiger partial charge in [0.1, 0.15) is 0 Å². The minimum atomic E-state index is 0.197. The van der Waals surface area contributed by atoms with Crippen molar-refractivity contribution in [3.8, 4) is 0 Å². The number of hydrogen-bond acceptors (Lipinski definition) is 3. The summed E-state index contributed by atoms with van der Waals surface area (Å²) in [5, 5.41) is 3.22. The van der Waals surface area contributed by atoms with Crippen molar-refractivity contribution in [2.75, 3.05) is 31.6 Å². The third-order valence-corrected chi connectivity index (χ3v) is 2.97. The fraction of sp³-hybridized carbons (Fsp3) is 0.900. The number of likely N-dealkylation sites (N-methyl/N-ethyl adjacent to an activating group) is 1. The van der Waals surface area contributed by atoms with Crippen molar-refractivity contribution in [3.63, 3.8) is 0 Å². The SMILES string of the molecule is CCN(CC)C(=O)CNC(C)CSC. The molecule has 0 radical (unpaired) electrons.